The van der Waals surface area contributed by atoms with Gasteiger partial charge in [-0.3, -0.25) is 9.78 Å². The summed E-state index contributed by atoms with van der Waals surface area (Å²) in [6.07, 6.45) is 8.13. The summed E-state index contributed by atoms with van der Waals surface area (Å²) < 4.78 is 1.95. The van der Waals surface area contributed by atoms with E-state index in [4.69, 9.17) is 0 Å². The Kier molecular flexibility index (Phi) is 5.05. The van der Waals surface area contributed by atoms with Crippen molar-refractivity contribution in [3.63, 3.8) is 0 Å². The van der Waals surface area contributed by atoms with E-state index in [9.17, 15) is 4.79 Å². The van der Waals surface area contributed by atoms with Crippen molar-refractivity contribution < 1.29 is 4.79 Å². The van der Waals surface area contributed by atoms with Gasteiger partial charge in [-0.25, -0.2) is 4.98 Å². The number of carbonyl (C=O) groups excluding carboxylic acids is 1. The number of thiazole rings is 1. The molecule has 0 bridgehead atoms. The summed E-state index contributed by atoms with van der Waals surface area (Å²) in [5.41, 5.74) is 1.77. The molecule has 0 fully saturated rings. The molecule has 1 atom stereocenters. The zero-order valence-electron chi connectivity index (χ0n) is 13.7. The number of nitrogens with zero attached hydrogens (tertiary/aromatic N) is 3. The first-order valence-corrected chi connectivity index (χ1v) is 8.80. The van der Waals surface area contributed by atoms with E-state index < -0.39 is 0 Å². The Hall–Kier alpha value is -2.47. The predicted molar refractivity (Wildman–Crippen MR) is 96.9 cm³/mol. The first-order valence-electron chi connectivity index (χ1n) is 7.92. The molecule has 3 heterocycles. The summed E-state index contributed by atoms with van der Waals surface area (Å²) >= 11 is 1.43. The van der Waals surface area contributed by atoms with Crippen molar-refractivity contribution in [1.29, 1.82) is 0 Å². The van der Waals surface area contributed by atoms with Crippen LogP contribution < -0.4 is 5.32 Å². The molecular formula is C18H20N4OS. The number of carbonyl (C=O) groups is 1. The third kappa shape index (κ3) is 3.89. The van der Waals surface area contributed by atoms with Gasteiger partial charge in [-0.2, -0.15) is 0 Å². The molecule has 5 nitrogen and oxygen atoms in total. The molecule has 3 aromatic heterocycles. The summed E-state index contributed by atoms with van der Waals surface area (Å²) in [6, 6.07) is 7.47. The van der Waals surface area contributed by atoms with Crippen LogP contribution in [0.1, 0.15) is 26.3 Å². The van der Waals surface area contributed by atoms with Crippen LogP contribution in [0.3, 0.4) is 0 Å². The van der Waals surface area contributed by atoms with E-state index in [0.29, 0.717) is 11.0 Å². The van der Waals surface area contributed by atoms with Crippen molar-refractivity contribution in [2.45, 2.75) is 26.3 Å². The highest BCUT2D eigenvalue weighted by atomic mass is 32.1. The largest absolute Gasteiger partial charge is 0.342 e. The molecule has 0 radical (unpaired) electrons. The van der Waals surface area contributed by atoms with Gasteiger partial charge in [0.05, 0.1) is 5.69 Å². The molecule has 24 heavy (non-hydrogen) atoms. The summed E-state index contributed by atoms with van der Waals surface area (Å²) in [6.45, 7) is 4.24. The third-order valence-corrected chi connectivity index (χ3v) is 4.43. The van der Waals surface area contributed by atoms with E-state index in [2.05, 4.69) is 29.1 Å². The standard InChI is InChI=1S/C18H20N4OS/c1-13(2)10-16(22-8-3-4-9-22)17(23)21-18-20-15(12-24-18)14-6-5-7-19-11-14/h3-9,11-13,16H,10H2,1-2H3,(H,20,21,23)/t16-/m1/s1. The Labute approximate surface area is 145 Å². The molecule has 3 aromatic rings. The maximum absolute atomic E-state index is 12.7. The number of hydrogen-bond donors (Lipinski definition) is 1. The number of nitrogens with one attached hydrogen (secondary N) is 1. The lowest BCUT2D eigenvalue weighted by atomic mass is 10.0. The zero-order valence-corrected chi connectivity index (χ0v) is 14.5. The molecule has 0 saturated heterocycles. The Morgan fingerprint density at radius 2 is 2.08 bits per heavy atom. The molecule has 6 heteroatoms. The molecular weight excluding hydrogens is 320 g/mol. The quantitative estimate of drug-likeness (QED) is 0.730. The lowest BCUT2D eigenvalue weighted by Gasteiger charge is -2.19. The number of hydrogen-bond acceptors (Lipinski definition) is 4. The number of pyridine rings is 1. The first kappa shape index (κ1) is 16.4. The normalized spacial score (nSPS) is 12.3. The summed E-state index contributed by atoms with van der Waals surface area (Å²) in [5, 5.41) is 5.49. The Balaban J connectivity index is 1.74. The van der Waals surface area contributed by atoms with Gasteiger partial charge in [-0.15, -0.1) is 11.3 Å². The van der Waals surface area contributed by atoms with E-state index >= 15 is 0 Å². The van der Waals surface area contributed by atoms with Crippen LogP contribution in [0.2, 0.25) is 0 Å². The summed E-state index contributed by atoms with van der Waals surface area (Å²) in [7, 11) is 0. The van der Waals surface area contributed by atoms with Crippen LogP contribution in [0.5, 0.6) is 0 Å². The van der Waals surface area contributed by atoms with Crippen LogP contribution in [0, 0.1) is 5.92 Å². The molecule has 0 saturated carbocycles. The topological polar surface area (TPSA) is 59.8 Å². The molecule has 0 aliphatic rings. The minimum atomic E-state index is -0.231. The minimum Gasteiger partial charge on any atom is -0.342 e. The Morgan fingerprint density at radius 3 is 2.75 bits per heavy atom. The second kappa shape index (κ2) is 7.40. The molecule has 124 valence electrons. The van der Waals surface area contributed by atoms with Crippen LogP contribution in [-0.2, 0) is 4.79 Å². The van der Waals surface area contributed by atoms with Gasteiger partial charge in [0, 0.05) is 35.7 Å². The van der Waals surface area contributed by atoms with Gasteiger partial charge in [-0.05, 0) is 36.6 Å². The fourth-order valence-electron chi connectivity index (χ4n) is 2.53. The van der Waals surface area contributed by atoms with Crippen molar-refractivity contribution in [3.05, 3.63) is 54.4 Å². The molecule has 0 aliphatic carbocycles. The highest BCUT2D eigenvalue weighted by Crippen LogP contribution is 2.26. The third-order valence-electron chi connectivity index (χ3n) is 3.68. The first-order chi connectivity index (χ1) is 11.6. The van der Waals surface area contributed by atoms with E-state index in [-0.39, 0.29) is 11.9 Å². The van der Waals surface area contributed by atoms with Crippen LogP contribution in [0.15, 0.2) is 54.4 Å². The number of rotatable bonds is 6. The molecule has 0 aromatic carbocycles. The van der Waals surface area contributed by atoms with Crippen molar-refractivity contribution in [2.75, 3.05) is 5.32 Å². The number of anilines is 1. The van der Waals surface area contributed by atoms with Gasteiger partial charge in [-0.1, -0.05) is 13.8 Å². The predicted octanol–water partition coefficient (Wildman–Crippen LogP) is 4.23. The number of aromatic nitrogens is 3. The average Bonchev–Trinajstić information content (AvgIpc) is 3.25. The van der Waals surface area contributed by atoms with Gasteiger partial charge in [0.1, 0.15) is 6.04 Å². The highest BCUT2D eigenvalue weighted by molar-refractivity contribution is 7.14. The maximum atomic E-state index is 12.7. The van der Waals surface area contributed by atoms with Crippen LogP contribution in [0.25, 0.3) is 11.3 Å². The maximum Gasteiger partial charge on any atom is 0.249 e. The molecule has 1 N–H and O–H groups in total. The van der Waals surface area contributed by atoms with Crippen LogP contribution in [-0.4, -0.2) is 20.4 Å². The van der Waals surface area contributed by atoms with Crippen LogP contribution >= 0.6 is 11.3 Å². The average molecular weight is 340 g/mol. The van der Waals surface area contributed by atoms with Gasteiger partial charge in [0.15, 0.2) is 5.13 Å². The van der Waals surface area contributed by atoms with Gasteiger partial charge < -0.3 is 9.88 Å². The highest BCUT2D eigenvalue weighted by Gasteiger charge is 2.22. The van der Waals surface area contributed by atoms with Crippen molar-refractivity contribution in [1.82, 2.24) is 14.5 Å². The van der Waals surface area contributed by atoms with Gasteiger partial charge in [0.25, 0.3) is 0 Å². The lowest BCUT2D eigenvalue weighted by molar-refractivity contribution is -0.119. The summed E-state index contributed by atoms with van der Waals surface area (Å²) in [4.78, 5) is 21.3. The van der Waals surface area contributed by atoms with E-state index in [1.165, 1.54) is 11.3 Å². The minimum absolute atomic E-state index is 0.0352. The van der Waals surface area contributed by atoms with Gasteiger partial charge >= 0.3 is 0 Å². The summed E-state index contributed by atoms with van der Waals surface area (Å²) in [5.74, 6) is 0.386. The second-order valence-electron chi connectivity index (χ2n) is 6.04. The lowest BCUT2D eigenvalue weighted by Crippen LogP contribution is -2.26. The Morgan fingerprint density at radius 1 is 1.29 bits per heavy atom. The fraction of sp³-hybridized carbons (Fsp3) is 0.278. The smallest absolute Gasteiger partial charge is 0.249 e. The number of amides is 1. The monoisotopic (exact) mass is 340 g/mol. The molecule has 1 amide bonds. The van der Waals surface area contributed by atoms with Crippen molar-refractivity contribution >= 4 is 22.4 Å². The molecule has 0 aliphatic heterocycles. The second-order valence-corrected chi connectivity index (χ2v) is 6.90. The molecule has 3 rings (SSSR count). The van der Waals surface area contributed by atoms with Crippen molar-refractivity contribution in [2.24, 2.45) is 5.92 Å². The Bertz CT molecular complexity index is 780. The van der Waals surface area contributed by atoms with E-state index in [0.717, 1.165) is 17.7 Å². The van der Waals surface area contributed by atoms with E-state index in [1.807, 2.05) is 46.6 Å². The zero-order chi connectivity index (χ0) is 16.9. The van der Waals surface area contributed by atoms with Gasteiger partial charge in [0.2, 0.25) is 5.91 Å². The SMILES string of the molecule is CC(C)C[C@H](C(=O)Nc1nc(-c2cccnc2)cs1)n1cccc1. The van der Waals surface area contributed by atoms with Crippen molar-refractivity contribution in [3.8, 4) is 11.3 Å². The molecule has 0 spiro atoms. The van der Waals surface area contributed by atoms with Crippen LogP contribution in [0.4, 0.5) is 5.13 Å². The van der Waals surface area contributed by atoms with E-state index in [1.54, 1.807) is 12.4 Å². The molecule has 0 unspecified atom stereocenters. The fourth-order valence-corrected chi connectivity index (χ4v) is 3.26.